The number of nitrogens with zero attached hydrogens (tertiary/aromatic N) is 1. The molecule has 21 heavy (non-hydrogen) atoms. The van der Waals surface area contributed by atoms with E-state index in [0.29, 0.717) is 28.5 Å². The van der Waals surface area contributed by atoms with Crippen molar-refractivity contribution in [1.29, 1.82) is 0 Å². The van der Waals surface area contributed by atoms with Crippen LogP contribution in [0.3, 0.4) is 0 Å². The van der Waals surface area contributed by atoms with Gasteiger partial charge in [-0.15, -0.1) is 11.3 Å². The molecule has 2 rings (SSSR count). The van der Waals surface area contributed by atoms with Gasteiger partial charge in [-0.1, -0.05) is 0 Å². The molecule has 1 N–H and O–H groups in total. The molecule has 118 valence electrons. The third-order valence-electron chi connectivity index (χ3n) is 2.74. The van der Waals surface area contributed by atoms with Crippen molar-refractivity contribution >= 4 is 43.3 Å². The van der Waals surface area contributed by atoms with E-state index in [0.717, 1.165) is 6.07 Å². The quantitative estimate of drug-likeness (QED) is 0.813. The van der Waals surface area contributed by atoms with Crippen LogP contribution in [0.2, 0.25) is 0 Å². The normalized spacial score (nSPS) is 16.4. The van der Waals surface area contributed by atoms with E-state index in [2.05, 4.69) is 15.9 Å². The van der Waals surface area contributed by atoms with Crippen LogP contribution in [0.25, 0.3) is 0 Å². The highest BCUT2D eigenvalue weighted by molar-refractivity contribution is 9.11. The molecule has 0 aliphatic heterocycles. The Morgan fingerprint density at radius 1 is 1.48 bits per heavy atom. The molecular formula is C10H9BrF3NO4S2. The zero-order chi connectivity index (χ0) is 16.0. The van der Waals surface area contributed by atoms with E-state index >= 15 is 0 Å². The van der Waals surface area contributed by atoms with E-state index in [9.17, 15) is 26.4 Å². The molecule has 1 fully saturated rings. The molecular weight excluding hydrogens is 399 g/mol. The van der Waals surface area contributed by atoms with E-state index in [4.69, 9.17) is 5.11 Å². The van der Waals surface area contributed by atoms with E-state index in [-0.39, 0.29) is 8.66 Å². The van der Waals surface area contributed by atoms with Crippen molar-refractivity contribution in [2.45, 2.75) is 30.0 Å². The minimum absolute atomic E-state index is 0.0206. The fourth-order valence-corrected chi connectivity index (χ4v) is 5.73. The fourth-order valence-electron chi connectivity index (χ4n) is 1.71. The van der Waals surface area contributed by atoms with Crippen LogP contribution >= 0.6 is 27.3 Å². The summed E-state index contributed by atoms with van der Waals surface area (Å²) in [7, 11) is -4.40. The average molecular weight is 408 g/mol. The number of hydrogen-bond donors (Lipinski definition) is 1. The van der Waals surface area contributed by atoms with Crippen LogP contribution < -0.4 is 0 Å². The first kappa shape index (κ1) is 16.7. The number of aromatic carboxylic acids is 1. The van der Waals surface area contributed by atoms with Gasteiger partial charge in [-0.05, 0) is 34.8 Å². The van der Waals surface area contributed by atoms with Crippen LogP contribution in [0.1, 0.15) is 22.5 Å². The third kappa shape index (κ3) is 3.76. The maximum absolute atomic E-state index is 12.6. The number of carboxylic acids is 1. The van der Waals surface area contributed by atoms with Crippen LogP contribution in [0.5, 0.6) is 0 Å². The van der Waals surface area contributed by atoms with E-state index in [1.54, 1.807) is 0 Å². The first-order chi connectivity index (χ1) is 9.52. The van der Waals surface area contributed by atoms with Gasteiger partial charge in [0.05, 0.1) is 3.79 Å². The number of carbonyl (C=O) groups is 1. The first-order valence-corrected chi connectivity index (χ1v) is 8.68. The summed E-state index contributed by atoms with van der Waals surface area (Å²) in [5.74, 6) is -1.34. The SMILES string of the molecule is O=C(O)c1cc(S(=O)(=O)N(CC(F)(F)F)C2CC2)c(Br)s1. The number of halogens is 4. The molecule has 0 atom stereocenters. The average Bonchev–Trinajstić information content (AvgIpc) is 3.06. The summed E-state index contributed by atoms with van der Waals surface area (Å²) < 4.78 is 62.8. The van der Waals surface area contributed by atoms with Gasteiger partial charge < -0.3 is 5.11 Å². The molecule has 1 aliphatic carbocycles. The number of rotatable bonds is 5. The van der Waals surface area contributed by atoms with Crippen LogP contribution in [-0.4, -0.2) is 42.6 Å². The first-order valence-electron chi connectivity index (χ1n) is 5.63. The van der Waals surface area contributed by atoms with Gasteiger partial charge in [0.15, 0.2) is 0 Å². The largest absolute Gasteiger partial charge is 0.477 e. The zero-order valence-corrected chi connectivity index (χ0v) is 13.4. The van der Waals surface area contributed by atoms with Crippen molar-refractivity contribution in [2.24, 2.45) is 0 Å². The molecule has 0 radical (unpaired) electrons. The minimum atomic E-state index is -4.66. The monoisotopic (exact) mass is 407 g/mol. The molecule has 1 heterocycles. The van der Waals surface area contributed by atoms with E-state index in [1.165, 1.54) is 0 Å². The summed E-state index contributed by atoms with van der Waals surface area (Å²) in [5, 5.41) is 8.84. The van der Waals surface area contributed by atoms with Gasteiger partial charge in [0.1, 0.15) is 16.3 Å². The molecule has 1 aromatic rings. The summed E-state index contributed by atoms with van der Waals surface area (Å²) >= 11 is 3.55. The highest BCUT2D eigenvalue weighted by atomic mass is 79.9. The van der Waals surface area contributed by atoms with Gasteiger partial charge in [0.25, 0.3) is 0 Å². The number of alkyl halides is 3. The van der Waals surface area contributed by atoms with Gasteiger partial charge in [0.2, 0.25) is 10.0 Å². The highest BCUT2D eigenvalue weighted by Gasteiger charge is 2.45. The number of thiophene rings is 1. The highest BCUT2D eigenvalue weighted by Crippen LogP contribution is 2.39. The Morgan fingerprint density at radius 2 is 2.05 bits per heavy atom. The predicted octanol–water partition coefficient (Wildman–Crippen LogP) is 2.92. The third-order valence-corrected chi connectivity index (χ3v) is 6.88. The predicted molar refractivity (Wildman–Crippen MR) is 71.9 cm³/mol. The topological polar surface area (TPSA) is 74.7 Å². The molecule has 0 bridgehead atoms. The Labute approximate surface area is 130 Å². The summed E-state index contributed by atoms with van der Waals surface area (Å²) in [6, 6.07) is 0.190. The van der Waals surface area contributed by atoms with E-state index < -0.39 is 39.7 Å². The molecule has 1 aliphatic rings. The van der Waals surface area contributed by atoms with Crippen LogP contribution in [0, 0.1) is 0 Å². The van der Waals surface area contributed by atoms with Crippen molar-refractivity contribution in [1.82, 2.24) is 4.31 Å². The maximum Gasteiger partial charge on any atom is 0.402 e. The van der Waals surface area contributed by atoms with Crippen molar-refractivity contribution in [3.05, 3.63) is 14.7 Å². The molecule has 0 saturated heterocycles. The second-order valence-corrected chi connectivity index (χ2v) is 8.68. The minimum Gasteiger partial charge on any atom is -0.477 e. The second-order valence-electron chi connectivity index (χ2n) is 4.45. The summed E-state index contributed by atoms with van der Waals surface area (Å²) in [6.45, 7) is -1.58. The van der Waals surface area contributed by atoms with Gasteiger partial charge in [0, 0.05) is 6.04 Å². The lowest BCUT2D eigenvalue weighted by Gasteiger charge is -2.22. The van der Waals surface area contributed by atoms with Crippen LogP contribution in [0.4, 0.5) is 13.2 Å². The van der Waals surface area contributed by atoms with Gasteiger partial charge in [-0.3, -0.25) is 0 Å². The Balaban J connectivity index is 2.41. The lowest BCUT2D eigenvalue weighted by atomic mass is 10.5. The van der Waals surface area contributed by atoms with E-state index in [1.807, 2.05) is 0 Å². The van der Waals surface area contributed by atoms with Gasteiger partial charge in [-0.25, -0.2) is 13.2 Å². The Morgan fingerprint density at radius 3 is 2.43 bits per heavy atom. The molecule has 0 amide bonds. The number of hydrogen-bond acceptors (Lipinski definition) is 4. The Hall–Kier alpha value is -0.650. The lowest BCUT2D eigenvalue weighted by Crippen LogP contribution is -2.40. The molecule has 0 aromatic carbocycles. The molecule has 1 aromatic heterocycles. The Kier molecular flexibility index (Phi) is 4.40. The lowest BCUT2D eigenvalue weighted by molar-refractivity contribution is -0.137. The van der Waals surface area contributed by atoms with Gasteiger partial charge in [-0.2, -0.15) is 17.5 Å². The van der Waals surface area contributed by atoms with Gasteiger partial charge >= 0.3 is 12.1 Å². The molecule has 1 saturated carbocycles. The van der Waals surface area contributed by atoms with Crippen molar-refractivity contribution in [3.63, 3.8) is 0 Å². The van der Waals surface area contributed by atoms with Crippen molar-refractivity contribution in [3.8, 4) is 0 Å². The van der Waals surface area contributed by atoms with Crippen molar-refractivity contribution in [2.75, 3.05) is 6.54 Å². The zero-order valence-electron chi connectivity index (χ0n) is 10.2. The van der Waals surface area contributed by atoms with Crippen LogP contribution in [-0.2, 0) is 10.0 Å². The molecule has 11 heteroatoms. The van der Waals surface area contributed by atoms with Crippen LogP contribution in [0.15, 0.2) is 14.7 Å². The number of carboxylic acid groups (broad SMARTS) is 1. The standard InChI is InChI=1S/C10H9BrF3NO4S2/c11-8-7(3-6(20-8)9(16)17)21(18,19)15(5-1-2-5)4-10(12,13)14/h3,5H,1-2,4H2,(H,16,17). The Bertz CT molecular complexity index is 666. The molecule has 0 spiro atoms. The van der Waals surface area contributed by atoms with Crippen molar-refractivity contribution < 1.29 is 31.5 Å². The summed E-state index contributed by atoms with van der Waals surface area (Å²) in [5.41, 5.74) is 0. The maximum atomic E-state index is 12.6. The smallest absolute Gasteiger partial charge is 0.402 e. The summed E-state index contributed by atoms with van der Waals surface area (Å²) in [6.07, 6.45) is -3.93. The number of sulfonamides is 1. The summed E-state index contributed by atoms with van der Waals surface area (Å²) in [4.78, 5) is 10.1. The molecule has 5 nitrogen and oxygen atoms in total. The fraction of sp³-hybridized carbons (Fsp3) is 0.500. The molecule has 0 unspecified atom stereocenters. The second kappa shape index (κ2) is 5.52.